The van der Waals surface area contributed by atoms with Crippen LogP contribution >= 0.6 is 0 Å². The van der Waals surface area contributed by atoms with E-state index in [1.165, 1.54) is 5.56 Å². The Bertz CT molecular complexity index is 1350. The zero-order valence-electron chi connectivity index (χ0n) is 20.3. The second-order valence-electron chi connectivity index (χ2n) is 9.61. The van der Waals surface area contributed by atoms with Crippen molar-refractivity contribution in [3.8, 4) is 17.2 Å². The number of hydrogen-bond acceptors (Lipinski definition) is 7. The van der Waals surface area contributed by atoms with Crippen LogP contribution in [0.25, 0.3) is 10.9 Å². The molecular weight excluding hydrogens is 460 g/mol. The van der Waals surface area contributed by atoms with Crippen molar-refractivity contribution in [1.29, 1.82) is 0 Å². The van der Waals surface area contributed by atoms with Crippen molar-refractivity contribution in [3.63, 3.8) is 0 Å². The first-order valence-electron chi connectivity index (χ1n) is 12.7. The summed E-state index contributed by atoms with van der Waals surface area (Å²) in [7, 11) is 0. The van der Waals surface area contributed by atoms with Crippen molar-refractivity contribution in [2.45, 2.75) is 38.8 Å². The van der Waals surface area contributed by atoms with Crippen LogP contribution in [-0.2, 0) is 24.3 Å². The summed E-state index contributed by atoms with van der Waals surface area (Å²) in [5.74, 6) is 2.92. The molecule has 3 aliphatic heterocycles. The minimum absolute atomic E-state index is 0.0211. The maximum absolute atomic E-state index is 13.1. The Morgan fingerprint density at radius 2 is 1.81 bits per heavy atom. The number of rotatable bonds is 5. The second kappa shape index (κ2) is 9.81. The van der Waals surface area contributed by atoms with Crippen molar-refractivity contribution in [2.75, 3.05) is 39.6 Å². The maximum Gasteiger partial charge on any atom is 0.261 e. The summed E-state index contributed by atoms with van der Waals surface area (Å²) in [5, 5.41) is 0.544. The lowest BCUT2D eigenvalue weighted by Crippen LogP contribution is -2.49. The Morgan fingerprint density at radius 3 is 2.69 bits per heavy atom. The van der Waals surface area contributed by atoms with Gasteiger partial charge in [0.25, 0.3) is 11.5 Å². The Labute approximate surface area is 209 Å². The van der Waals surface area contributed by atoms with Crippen LogP contribution in [0.15, 0.2) is 41.2 Å². The number of benzene rings is 2. The molecule has 4 heterocycles. The molecule has 0 atom stereocenters. The molecule has 36 heavy (non-hydrogen) atoms. The van der Waals surface area contributed by atoms with E-state index in [1.54, 1.807) is 16.7 Å². The van der Waals surface area contributed by atoms with E-state index in [4.69, 9.17) is 19.2 Å². The van der Waals surface area contributed by atoms with Gasteiger partial charge in [-0.3, -0.25) is 19.1 Å². The summed E-state index contributed by atoms with van der Waals surface area (Å²) in [6.45, 7) is 4.64. The quantitative estimate of drug-likeness (QED) is 0.543. The number of amides is 1. The van der Waals surface area contributed by atoms with E-state index in [0.29, 0.717) is 36.3 Å². The third-order valence-electron chi connectivity index (χ3n) is 7.22. The standard InChI is InChI=1S/C27H30N4O5/c32-26(30-12-10-29(11-13-30)16-19-5-8-23-24(14-19)36-18-35-23)17-34-20-6-7-22-21(15-20)27(33)31-9-3-1-2-4-25(31)28-22/h5-8,14-15H,1-4,9-13,16-18H2. The average Bonchev–Trinajstić information content (AvgIpc) is 3.24. The van der Waals surface area contributed by atoms with Crippen molar-refractivity contribution >= 4 is 16.8 Å². The van der Waals surface area contributed by atoms with Crippen LogP contribution in [0.1, 0.15) is 30.7 Å². The number of carbonyl (C=O) groups is 1. The largest absolute Gasteiger partial charge is 0.484 e. The Hall–Kier alpha value is -3.59. The van der Waals surface area contributed by atoms with Gasteiger partial charge in [-0.1, -0.05) is 12.5 Å². The summed E-state index contributed by atoms with van der Waals surface area (Å²) < 4.78 is 18.5. The van der Waals surface area contributed by atoms with Gasteiger partial charge in [0.15, 0.2) is 18.1 Å². The van der Waals surface area contributed by atoms with Gasteiger partial charge in [0, 0.05) is 45.7 Å². The topological polar surface area (TPSA) is 86.1 Å². The molecule has 188 valence electrons. The number of carbonyl (C=O) groups excluding carboxylic acids is 1. The molecule has 0 N–H and O–H groups in total. The first-order chi connectivity index (χ1) is 17.6. The first-order valence-corrected chi connectivity index (χ1v) is 12.7. The van der Waals surface area contributed by atoms with Gasteiger partial charge in [-0.15, -0.1) is 0 Å². The predicted molar refractivity (Wildman–Crippen MR) is 133 cm³/mol. The normalized spacial score (nSPS) is 17.6. The van der Waals surface area contributed by atoms with Gasteiger partial charge in [-0.2, -0.15) is 0 Å². The molecule has 9 heteroatoms. The molecule has 1 fully saturated rings. The highest BCUT2D eigenvalue weighted by Gasteiger charge is 2.23. The number of hydrogen-bond donors (Lipinski definition) is 0. The molecule has 0 bridgehead atoms. The lowest BCUT2D eigenvalue weighted by molar-refractivity contribution is -0.135. The Morgan fingerprint density at radius 1 is 0.944 bits per heavy atom. The van der Waals surface area contributed by atoms with E-state index in [9.17, 15) is 9.59 Å². The second-order valence-corrected chi connectivity index (χ2v) is 9.61. The molecule has 9 nitrogen and oxygen atoms in total. The van der Waals surface area contributed by atoms with Crippen LogP contribution < -0.4 is 19.8 Å². The highest BCUT2D eigenvalue weighted by molar-refractivity contribution is 5.80. The molecule has 1 aromatic heterocycles. The van der Waals surface area contributed by atoms with Crippen molar-refractivity contribution in [2.24, 2.45) is 0 Å². The zero-order valence-corrected chi connectivity index (χ0v) is 20.3. The molecule has 3 aromatic rings. The maximum atomic E-state index is 13.1. The van der Waals surface area contributed by atoms with E-state index in [0.717, 1.165) is 62.6 Å². The van der Waals surface area contributed by atoms with Crippen molar-refractivity contribution in [1.82, 2.24) is 19.4 Å². The average molecular weight is 491 g/mol. The Balaban J connectivity index is 1.04. The monoisotopic (exact) mass is 490 g/mol. The molecular formula is C27H30N4O5. The summed E-state index contributed by atoms with van der Waals surface area (Å²) in [5.41, 5.74) is 1.83. The molecule has 0 saturated carbocycles. The van der Waals surface area contributed by atoms with Crippen LogP contribution in [0.3, 0.4) is 0 Å². The van der Waals surface area contributed by atoms with Crippen LogP contribution in [0.4, 0.5) is 0 Å². The minimum Gasteiger partial charge on any atom is -0.484 e. The molecule has 0 aliphatic carbocycles. The van der Waals surface area contributed by atoms with Gasteiger partial charge < -0.3 is 19.1 Å². The number of ether oxygens (including phenoxy) is 3. The van der Waals surface area contributed by atoms with E-state index in [2.05, 4.69) is 11.0 Å². The van der Waals surface area contributed by atoms with Gasteiger partial charge in [0.05, 0.1) is 10.9 Å². The predicted octanol–water partition coefficient (Wildman–Crippen LogP) is 2.57. The van der Waals surface area contributed by atoms with Crippen molar-refractivity contribution in [3.05, 3.63) is 58.1 Å². The summed E-state index contributed by atoms with van der Waals surface area (Å²) >= 11 is 0. The van der Waals surface area contributed by atoms with Gasteiger partial charge in [-0.25, -0.2) is 4.98 Å². The fourth-order valence-corrected chi connectivity index (χ4v) is 5.18. The zero-order chi connectivity index (χ0) is 24.5. The summed E-state index contributed by atoms with van der Waals surface area (Å²) in [6.07, 6.45) is 4.01. The van der Waals surface area contributed by atoms with Gasteiger partial charge in [-0.05, 0) is 48.7 Å². The lowest BCUT2D eigenvalue weighted by Gasteiger charge is -2.34. The van der Waals surface area contributed by atoms with Gasteiger partial charge in [0.2, 0.25) is 6.79 Å². The van der Waals surface area contributed by atoms with Gasteiger partial charge in [0.1, 0.15) is 11.6 Å². The first kappa shape index (κ1) is 22.8. The molecule has 6 rings (SSSR count). The number of aromatic nitrogens is 2. The summed E-state index contributed by atoms with van der Waals surface area (Å²) in [6, 6.07) is 11.4. The minimum atomic E-state index is -0.0482. The van der Waals surface area contributed by atoms with Crippen LogP contribution in [0.5, 0.6) is 17.2 Å². The van der Waals surface area contributed by atoms with E-state index in [-0.39, 0.29) is 24.9 Å². The summed E-state index contributed by atoms with van der Waals surface area (Å²) in [4.78, 5) is 34.7. The molecule has 0 spiro atoms. The molecule has 1 amide bonds. The molecule has 3 aliphatic rings. The third kappa shape index (κ3) is 4.63. The lowest BCUT2D eigenvalue weighted by atomic mass is 10.1. The SMILES string of the molecule is O=C(COc1ccc2nc3n(c(=O)c2c1)CCCCC3)N1CCN(Cc2ccc3c(c2)OCO3)CC1. The number of fused-ring (bicyclic) bond motifs is 3. The Kier molecular flexibility index (Phi) is 6.23. The number of piperazine rings is 1. The molecule has 0 radical (unpaired) electrons. The van der Waals surface area contributed by atoms with Crippen molar-refractivity contribution < 1.29 is 19.0 Å². The fraction of sp³-hybridized carbons (Fsp3) is 0.444. The fourth-order valence-electron chi connectivity index (χ4n) is 5.18. The van der Waals surface area contributed by atoms with Crippen LogP contribution in [0.2, 0.25) is 0 Å². The van der Waals surface area contributed by atoms with Gasteiger partial charge >= 0.3 is 0 Å². The van der Waals surface area contributed by atoms with E-state index in [1.807, 2.05) is 23.1 Å². The van der Waals surface area contributed by atoms with E-state index < -0.39 is 0 Å². The molecule has 2 aromatic carbocycles. The number of nitrogens with zero attached hydrogens (tertiary/aromatic N) is 4. The molecule has 0 unspecified atom stereocenters. The highest BCUT2D eigenvalue weighted by atomic mass is 16.7. The van der Waals surface area contributed by atoms with Crippen LogP contribution in [-0.4, -0.2) is 64.8 Å². The number of aryl methyl sites for hydroxylation is 1. The van der Waals surface area contributed by atoms with Crippen LogP contribution in [0, 0.1) is 0 Å². The molecule has 1 saturated heterocycles. The van der Waals surface area contributed by atoms with E-state index >= 15 is 0 Å². The smallest absolute Gasteiger partial charge is 0.261 e. The third-order valence-corrected chi connectivity index (χ3v) is 7.22. The highest BCUT2D eigenvalue weighted by Crippen LogP contribution is 2.33.